The Bertz CT molecular complexity index is 1670. The summed E-state index contributed by atoms with van der Waals surface area (Å²) < 4.78 is 40.7. The molecule has 0 saturated carbocycles. The van der Waals surface area contributed by atoms with Crippen LogP contribution in [0.2, 0.25) is 5.02 Å². The molecule has 2 fully saturated rings. The molecule has 2 saturated heterocycles. The van der Waals surface area contributed by atoms with Crippen molar-refractivity contribution in [3.63, 3.8) is 0 Å². The van der Waals surface area contributed by atoms with Gasteiger partial charge in [-0.1, -0.05) is 30.2 Å². The molecule has 0 aromatic heterocycles. The lowest BCUT2D eigenvalue weighted by atomic mass is 9.66. The predicted molar refractivity (Wildman–Crippen MR) is 188 cm³/mol. The Kier molecular flexibility index (Phi) is 10.3. The number of thioether (sulfide) groups is 2. The number of methoxy groups -OCH3 is 3. The van der Waals surface area contributed by atoms with Crippen LogP contribution in [0.4, 0.5) is 0 Å². The second-order valence-corrected chi connectivity index (χ2v) is 15.9. The van der Waals surface area contributed by atoms with Crippen LogP contribution >= 0.6 is 35.1 Å². The van der Waals surface area contributed by atoms with Crippen LogP contribution in [0.3, 0.4) is 0 Å². The average molecular weight is 727 g/mol. The van der Waals surface area contributed by atoms with Gasteiger partial charge in [0.1, 0.15) is 6.10 Å². The van der Waals surface area contributed by atoms with E-state index in [2.05, 4.69) is 12.1 Å². The third kappa shape index (κ3) is 6.86. The molecule has 9 nitrogen and oxygen atoms in total. The zero-order valence-electron chi connectivity index (χ0n) is 27.6. The Morgan fingerprint density at radius 3 is 2.31 bits per heavy atom. The molecule has 3 aromatic carbocycles. The van der Waals surface area contributed by atoms with Crippen molar-refractivity contribution < 1.29 is 42.7 Å². The molecule has 3 aliphatic heterocycles. The van der Waals surface area contributed by atoms with Gasteiger partial charge in [0, 0.05) is 34.1 Å². The van der Waals surface area contributed by atoms with Crippen molar-refractivity contribution in [1.82, 2.24) is 0 Å². The fourth-order valence-corrected chi connectivity index (χ4v) is 10.9. The largest absolute Gasteiger partial charge is 0.493 e. The molecule has 0 amide bonds. The van der Waals surface area contributed by atoms with Crippen LogP contribution in [0, 0.1) is 11.8 Å². The third-order valence-electron chi connectivity index (χ3n) is 9.75. The van der Waals surface area contributed by atoms with Crippen LogP contribution in [-0.2, 0) is 19.1 Å². The summed E-state index contributed by atoms with van der Waals surface area (Å²) in [5.74, 6) is 1.59. The minimum Gasteiger partial charge on any atom is -0.493 e. The maximum Gasteiger partial charge on any atom is 0.310 e. The van der Waals surface area contributed by atoms with Gasteiger partial charge in [0.2, 0.25) is 12.5 Å². The molecule has 0 spiro atoms. The van der Waals surface area contributed by atoms with Crippen molar-refractivity contribution in [2.75, 3.05) is 40.5 Å². The average Bonchev–Trinajstić information content (AvgIpc) is 3.75. The van der Waals surface area contributed by atoms with Gasteiger partial charge in [-0.15, -0.1) is 23.5 Å². The minimum absolute atomic E-state index is 0.0881. The van der Waals surface area contributed by atoms with Crippen LogP contribution in [0.15, 0.2) is 48.5 Å². The number of cyclic esters (lactones) is 1. The van der Waals surface area contributed by atoms with E-state index in [0.29, 0.717) is 45.0 Å². The fraction of sp³-hybridized carbons (Fsp3) is 0.459. The number of carbonyl (C=O) groups excluding carboxylic acids is 2. The van der Waals surface area contributed by atoms with Gasteiger partial charge < -0.3 is 33.2 Å². The van der Waals surface area contributed by atoms with Gasteiger partial charge in [0.05, 0.1) is 38.4 Å². The highest BCUT2D eigenvalue weighted by Gasteiger charge is 2.54. The maximum atomic E-state index is 13.5. The maximum absolute atomic E-state index is 13.5. The standard InChI is InChI=1S/C37H39ClO9S2/c1-41-29-14-21(15-30(42-2)35(29)43-3)32-24-16-27-28(46-19-45-27)17-25(24)34(26-18-44-36(40)33(26)32)47-31(39)7-5-4-6-23-12-13-48-37(49-23)20-8-10-22(38)11-9-20/h8-11,14-17,23,26,32-34,37H,4-7,12-13,18-19H2,1-3H3/t23?,26-,32+,33-,34-,37?/m0/s1. The minimum atomic E-state index is -0.683. The van der Waals surface area contributed by atoms with Gasteiger partial charge in [-0.05, 0) is 78.1 Å². The predicted octanol–water partition coefficient (Wildman–Crippen LogP) is 8.11. The molecule has 0 N–H and O–H groups in total. The highest BCUT2D eigenvalue weighted by molar-refractivity contribution is 8.17. The van der Waals surface area contributed by atoms with Crippen LogP contribution in [-0.4, -0.2) is 57.7 Å². The molecular weight excluding hydrogens is 688 g/mol. The molecule has 0 radical (unpaired) electrons. The zero-order valence-corrected chi connectivity index (χ0v) is 30.0. The molecule has 7 rings (SSSR count). The normalized spacial score (nSPS) is 25.2. The molecule has 260 valence electrons. The lowest BCUT2D eigenvalue weighted by Gasteiger charge is -2.38. The van der Waals surface area contributed by atoms with Gasteiger partial charge in [-0.3, -0.25) is 9.59 Å². The quantitative estimate of drug-likeness (QED) is 0.142. The van der Waals surface area contributed by atoms with E-state index in [4.69, 9.17) is 44.8 Å². The van der Waals surface area contributed by atoms with E-state index in [1.807, 2.05) is 59.9 Å². The molecule has 0 bridgehead atoms. The number of unbranched alkanes of at least 4 members (excludes halogenated alkanes) is 1. The fourth-order valence-electron chi connectivity index (χ4n) is 7.38. The third-order valence-corrected chi connectivity index (χ3v) is 13.2. The van der Waals surface area contributed by atoms with E-state index in [1.54, 1.807) is 21.3 Å². The zero-order chi connectivity index (χ0) is 34.1. The van der Waals surface area contributed by atoms with Gasteiger partial charge in [0.25, 0.3) is 0 Å². The summed E-state index contributed by atoms with van der Waals surface area (Å²) in [6, 6.07) is 15.6. The molecule has 3 aromatic rings. The summed E-state index contributed by atoms with van der Waals surface area (Å²) >= 11 is 10.1. The van der Waals surface area contributed by atoms with Crippen molar-refractivity contribution in [1.29, 1.82) is 0 Å². The van der Waals surface area contributed by atoms with Crippen molar-refractivity contribution in [3.8, 4) is 28.7 Å². The summed E-state index contributed by atoms with van der Waals surface area (Å²) in [7, 11) is 4.66. The topological polar surface area (TPSA) is 98.8 Å². The summed E-state index contributed by atoms with van der Waals surface area (Å²) in [6.07, 6.45) is 3.48. The Labute approximate surface area is 299 Å². The molecular formula is C37H39ClO9S2. The van der Waals surface area contributed by atoms with Gasteiger partial charge >= 0.3 is 11.9 Å². The van der Waals surface area contributed by atoms with Crippen molar-refractivity contribution in [3.05, 3.63) is 75.8 Å². The summed E-state index contributed by atoms with van der Waals surface area (Å²) in [5.41, 5.74) is 3.66. The number of benzene rings is 3. The first-order valence-corrected chi connectivity index (χ1v) is 18.9. The summed E-state index contributed by atoms with van der Waals surface area (Å²) in [6.45, 7) is 0.229. The van der Waals surface area contributed by atoms with Crippen molar-refractivity contribution >= 4 is 47.1 Å². The number of rotatable bonds is 11. The molecule has 2 unspecified atom stereocenters. The monoisotopic (exact) mass is 726 g/mol. The van der Waals surface area contributed by atoms with E-state index in [1.165, 1.54) is 5.56 Å². The highest BCUT2D eigenvalue weighted by Crippen LogP contribution is 2.57. The number of halogens is 1. The van der Waals surface area contributed by atoms with E-state index < -0.39 is 23.9 Å². The van der Waals surface area contributed by atoms with Crippen molar-refractivity contribution in [2.24, 2.45) is 11.8 Å². The summed E-state index contributed by atoms with van der Waals surface area (Å²) in [4.78, 5) is 26.9. The highest BCUT2D eigenvalue weighted by atomic mass is 35.5. The second-order valence-electron chi connectivity index (χ2n) is 12.5. The second kappa shape index (κ2) is 14.8. The number of carbonyl (C=O) groups is 2. The lowest BCUT2D eigenvalue weighted by Crippen LogP contribution is -2.36. The Hall–Kier alpha value is -3.41. The van der Waals surface area contributed by atoms with Crippen molar-refractivity contribution in [2.45, 2.75) is 54.0 Å². The SMILES string of the molecule is COc1cc([C@@H]2c3cc4c(cc3[C@H](OC(=O)CCCCC3CCSC(c5ccc(Cl)cc5)S3)[C@H]3COC(=O)[C@H]23)OCO4)cc(OC)c1OC. The first-order valence-electron chi connectivity index (χ1n) is 16.5. The van der Waals surface area contributed by atoms with Crippen LogP contribution in [0.25, 0.3) is 0 Å². The Balaban J connectivity index is 1.08. The number of esters is 2. The van der Waals surface area contributed by atoms with E-state index >= 15 is 0 Å². The smallest absolute Gasteiger partial charge is 0.310 e. The lowest BCUT2D eigenvalue weighted by molar-refractivity contribution is -0.154. The number of hydrogen-bond donors (Lipinski definition) is 0. The molecule has 1 aliphatic carbocycles. The van der Waals surface area contributed by atoms with Crippen LogP contribution < -0.4 is 23.7 Å². The van der Waals surface area contributed by atoms with E-state index in [9.17, 15) is 9.59 Å². The Morgan fingerprint density at radius 1 is 0.898 bits per heavy atom. The van der Waals surface area contributed by atoms with Gasteiger partial charge in [-0.25, -0.2) is 0 Å². The molecule has 49 heavy (non-hydrogen) atoms. The number of ether oxygens (including phenoxy) is 7. The Morgan fingerprint density at radius 2 is 1.61 bits per heavy atom. The molecule has 3 heterocycles. The van der Waals surface area contributed by atoms with Gasteiger partial charge in [-0.2, -0.15) is 0 Å². The van der Waals surface area contributed by atoms with Gasteiger partial charge in [0.15, 0.2) is 23.0 Å². The first-order chi connectivity index (χ1) is 23.9. The van der Waals surface area contributed by atoms with E-state index in [0.717, 1.165) is 53.1 Å². The van der Waals surface area contributed by atoms with Crippen LogP contribution in [0.5, 0.6) is 28.7 Å². The number of fused-ring (bicyclic) bond motifs is 3. The molecule has 6 atom stereocenters. The molecule has 4 aliphatic rings. The first kappa shape index (κ1) is 34.1. The number of hydrogen-bond acceptors (Lipinski definition) is 11. The molecule has 12 heteroatoms. The van der Waals surface area contributed by atoms with Crippen LogP contribution in [0.1, 0.15) is 71.0 Å². The van der Waals surface area contributed by atoms with E-state index in [-0.39, 0.29) is 25.3 Å². The summed E-state index contributed by atoms with van der Waals surface area (Å²) in [5, 5.41) is 1.30.